The van der Waals surface area contributed by atoms with Crippen LogP contribution in [0.2, 0.25) is 0 Å². The first kappa shape index (κ1) is 27.2. The normalized spacial score (nSPS) is 22.6. The number of hydrogen-bond donors (Lipinski definition) is 2. The predicted molar refractivity (Wildman–Crippen MR) is 126 cm³/mol. The zero-order valence-corrected chi connectivity index (χ0v) is 21.0. The molecule has 1 saturated heterocycles. The number of amides is 1. The Morgan fingerprint density at radius 1 is 1.11 bits per heavy atom. The molecule has 1 aliphatic rings. The van der Waals surface area contributed by atoms with Crippen LogP contribution in [0, 0.1) is 18.3 Å². The molecule has 0 saturated carbocycles. The van der Waals surface area contributed by atoms with E-state index in [2.05, 4.69) is 15.3 Å². The monoisotopic (exact) mass is 508 g/mol. The fraction of sp³-hybridized carbons (Fsp3) is 0.520. The number of carboxylic acids is 1. The number of benzene rings is 1. The molecule has 11 heteroatoms. The number of carbonyl (C=O) groups excluding carboxylic acids is 1. The summed E-state index contributed by atoms with van der Waals surface area (Å²) in [6.45, 7) is 10.2. The van der Waals surface area contributed by atoms with Gasteiger partial charge in [-0.3, -0.25) is 4.90 Å². The van der Waals surface area contributed by atoms with Crippen LogP contribution in [0.15, 0.2) is 36.4 Å². The highest BCUT2D eigenvalue weighted by Gasteiger charge is 2.59. The minimum atomic E-state index is -4.70. The molecule has 0 spiro atoms. The Morgan fingerprint density at radius 2 is 1.72 bits per heavy atom. The first-order chi connectivity index (χ1) is 16.6. The fourth-order valence-corrected chi connectivity index (χ4v) is 4.80. The molecule has 1 aromatic carbocycles. The molecule has 4 unspecified atom stereocenters. The van der Waals surface area contributed by atoms with Gasteiger partial charge in [-0.05, 0) is 37.8 Å². The molecule has 1 fully saturated rings. The van der Waals surface area contributed by atoms with E-state index in [1.807, 2.05) is 20.8 Å². The SMILES string of the molecule is Cc1cc(C(F)(F)F)nc(NC2C(c3ccccc3)N(C(=O)OC(C)C)C(C(=O)O)C2C(C)(C)C)n1. The lowest BCUT2D eigenvalue weighted by atomic mass is 9.72. The number of aromatic nitrogens is 2. The Hall–Kier alpha value is -3.37. The summed E-state index contributed by atoms with van der Waals surface area (Å²) in [7, 11) is 0. The summed E-state index contributed by atoms with van der Waals surface area (Å²) in [6, 6.07) is 6.49. The van der Waals surface area contributed by atoms with E-state index in [1.165, 1.54) is 11.8 Å². The first-order valence-corrected chi connectivity index (χ1v) is 11.6. The highest BCUT2D eigenvalue weighted by Crippen LogP contribution is 2.49. The van der Waals surface area contributed by atoms with Crippen molar-refractivity contribution in [3.63, 3.8) is 0 Å². The molecule has 1 aromatic heterocycles. The number of carbonyl (C=O) groups is 2. The van der Waals surface area contributed by atoms with Crippen LogP contribution in [0.3, 0.4) is 0 Å². The van der Waals surface area contributed by atoms with Crippen molar-refractivity contribution in [3.05, 3.63) is 53.3 Å². The van der Waals surface area contributed by atoms with Gasteiger partial charge in [0.2, 0.25) is 5.95 Å². The highest BCUT2D eigenvalue weighted by atomic mass is 19.4. The summed E-state index contributed by atoms with van der Waals surface area (Å²) in [5.41, 5.74) is -1.13. The van der Waals surface area contributed by atoms with Crippen LogP contribution in [0.5, 0.6) is 0 Å². The van der Waals surface area contributed by atoms with Gasteiger partial charge in [-0.15, -0.1) is 0 Å². The average Bonchev–Trinajstić information content (AvgIpc) is 3.08. The summed E-state index contributed by atoms with van der Waals surface area (Å²) >= 11 is 0. The minimum Gasteiger partial charge on any atom is -0.480 e. The van der Waals surface area contributed by atoms with E-state index in [-0.39, 0.29) is 11.6 Å². The molecule has 196 valence electrons. The average molecular weight is 509 g/mol. The smallest absolute Gasteiger partial charge is 0.433 e. The first-order valence-electron chi connectivity index (χ1n) is 11.6. The van der Waals surface area contributed by atoms with Crippen LogP contribution < -0.4 is 5.32 Å². The van der Waals surface area contributed by atoms with E-state index < -0.39 is 59.5 Å². The number of halogens is 3. The lowest BCUT2D eigenvalue weighted by molar-refractivity contribution is -0.145. The highest BCUT2D eigenvalue weighted by molar-refractivity contribution is 5.82. The number of aliphatic carboxylic acids is 1. The lowest BCUT2D eigenvalue weighted by Crippen LogP contribution is -2.48. The van der Waals surface area contributed by atoms with Gasteiger partial charge in [0.05, 0.1) is 18.2 Å². The zero-order chi connectivity index (χ0) is 27.0. The lowest BCUT2D eigenvalue weighted by Gasteiger charge is -2.35. The van der Waals surface area contributed by atoms with Crippen molar-refractivity contribution < 1.29 is 32.6 Å². The summed E-state index contributed by atoms with van der Waals surface area (Å²) in [4.78, 5) is 34.9. The molecule has 2 N–H and O–H groups in total. The van der Waals surface area contributed by atoms with E-state index in [0.29, 0.717) is 5.56 Å². The third-order valence-corrected chi connectivity index (χ3v) is 6.05. The summed E-state index contributed by atoms with van der Waals surface area (Å²) < 4.78 is 45.8. The maximum absolute atomic E-state index is 13.5. The second-order valence-corrected chi connectivity index (χ2v) is 10.3. The van der Waals surface area contributed by atoms with Crippen LogP contribution in [0.4, 0.5) is 23.9 Å². The van der Waals surface area contributed by atoms with Crippen molar-refractivity contribution in [2.24, 2.45) is 11.3 Å². The van der Waals surface area contributed by atoms with E-state index in [0.717, 1.165) is 6.07 Å². The van der Waals surface area contributed by atoms with Crippen molar-refractivity contribution in [2.45, 2.75) is 71.9 Å². The van der Waals surface area contributed by atoms with Crippen molar-refractivity contribution in [2.75, 3.05) is 5.32 Å². The van der Waals surface area contributed by atoms with Crippen LogP contribution in [-0.4, -0.2) is 50.2 Å². The largest absolute Gasteiger partial charge is 0.480 e. The molecule has 2 aromatic rings. The number of alkyl halides is 3. The predicted octanol–water partition coefficient (Wildman–Crippen LogP) is 5.30. The third kappa shape index (κ3) is 5.71. The number of hydrogen-bond acceptors (Lipinski definition) is 6. The van der Waals surface area contributed by atoms with Gasteiger partial charge in [-0.2, -0.15) is 13.2 Å². The molecule has 3 rings (SSSR count). The van der Waals surface area contributed by atoms with Gasteiger partial charge in [0, 0.05) is 11.6 Å². The Morgan fingerprint density at radius 3 is 2.22 bits per heavy atom. The maximum atomic E-state index is 13.5. The van der Waals surface area contributed by atoms with Crippen molar-refractivity contribution >= 4 is 18.0 Å². The molecular formula is C25H31F3N4O4. The quantitative estimate of drug-likeness (QED) is 0.565. The molecular weight excluding hydrogens is 477 g/mol. The van der Waals surface area contributed by atoms with Gasteiger partial charge < -0.3 is 15.2 Å². The number of nitrogens with zero attached hydrogens (tertiary/aromatic N) is 3. The van der Waals surface area contributed by atoms with Crippen LogP contribution >= 0.6 is 0 Å². The number of likely N-dealkylation sites (tertiary alicyclic amines) is 1. The van der Waals surface area contributed by atoms with Gasteiger partial charge in [-0.1, -0.05) is 51.1 Å². The van der Waals surface area contributed by atoms with Crippen LogP contribution in [0.1, 0.15) is 57.6 Å². The van der Waals surface area contributed by atoms with Gasteiger partial charge >= 0.3 is 18.2 Å². The fourth-order valence-electron chi connectivity index (χ4n) is 4.80. The number of carboxylic acid groups (broad SMARTS) is 1. The van der Waals surface area contributed by atoms with E-state index in [4.69, 9.17) is 4.74 Å². The molecule has 1 aliphatic heterocycles. The second kappa shape index (κ2) is 9.94. The van der Waals surface area contributed by atoms with Crippen molar-refractivity contribution in [1.82, 2.24) is 14.9 Å². The van der Waals surface area contributed by atoms with Crippen molar-refractivity contribution in [1.29, 1.82) is 0 Å². The molecule has 0 radical (unpaired) electrons. The molecule has 0 bridgehead atoms. The van der Waals surface area contributed by atoms with E-state index >= 15 is 0 Å². The number of anilines is 1. The molecule has 0 aliphatic carbocycles. The number of nitrogens with one attached hydrogen (secondary N) is 1. The van der Waals surface area contributed by atoms with Gasteiger partial charge in [-0.25, -0.2) is 19.6 Å². The Bertz CT molecular complexity index is 1100. The number of ether oxygens (including phenoxy) is 1. The zero-order valence-electron chi connectivity index (χ0n) is 21.0. The third-order valence-electron chi connectivity index (χ3n) is 6.05. The molecule has 4 atom stereocenters. The van der Waals surface area contributed by atoms with Crippen molar-refractivity contribution in [3.8, 4) is 0 Å². The molecule has 36 heavy (non-hydrogen) atoms. The van der Waals surface area contributed by atoms with Gasteiger partial charge in [0.15, 0.2) is 0 Å². The van der Waals surface area contributed by atoms with E-state index in [9.17, 15) is 27.9 Å². The number of rotatable bonds is 5. The topological polar surface area (TPSA) is 105 Å². The standard InChI is InChI=1S/C25H31F3N4O4/c1-13(2)36-23(35)32-19(15-10-8-7-9-11-15)18(17(24(4,5)6)20(32)21(33)34)31-22-29-14(3)12-16(30-22)25(26,27)28/h7-13,17-20H,1-6H3,(H,33,34)(H,29,30,31). The van der Waals surface area contributed by atoms with Crippen LogP contribution in [-0.2, 0) is 15.7 Å². The Balaban J connectivity index is 2.23. The maximum Gasteiger partial charge on any atom is 0.433 e. The summed E-state index contributed by atoms with van der Waals surface area (Å²) in [5.74, 6) is -2.30. The Kier molecular flexibility index (Phi) is 7.52. The number of aryl methyl sites for hydroxylation is 1. The van der Waals surface area contributed by atoms with E-state index in [1.54, 1.807) is 44.2 Å². The molecule has 8 nitrogen and oxygen atoms in total. The molecule has 2 heterocycles. The van der Waals surface area contributed by atoms with Gasteiger partial charge in [0.25, 0.3) is 0 Å². The molecule has 1 amide bonds. The summed E-state index contributed by atoms with van der Waals surface area (Å²) in [6.07, 6.45) is -6.04. The second-order valence-electron chi connectivity index (χ2n) is 10.3. The van der Waals surface area contributed by atoms with Gasteiger partial charge in [0.1, 0.15) is 11.7 Å². The van der Waals surface area contributed by atoms with Crippen LogP contribution in [0.25, 0.3) is 0 Å². The Labute approximate surface area is 207 Å². The minimum absolute atomic E-state index is 0.0900. The summed E-state index contributed by atoms with van der Waals surface area (Å²) in [5, 5.41) is 13.3.